The Kier molecular flexibility index (Phi) is 4.59. The Labute approximate surface area is 128 Å². The Balaban J connectivity index is 2.04. The second kappa shape index (κ2) is 6.40. The van der Waals surface area contributed by atoms with Crippen LogP contribution in [0.25, 0.3) is 0 Å². The van der Waals surface area contributed by atoms with Gasteiger partial charge in [-0.1, -0.05) is 15.9 Å². The third-order valence-electron chi connectivity index (χ3n) is 2.83. The first-order valence-corrected chi connectivity index (χ1v) is 6.83. The van der Waals surface area contributed by atoms with Crippen molar-refractivity contribution in [3.8, 4) is 0 Å². The number of urea groups is 1. The Morgan fingerprint density at radius 2 is 2.19 bits per heavy atom. The average Bonchev–Trinajstić information content (AvgIpc) is 2.81. The molecular weight excluding hydrogens is 340 g/mol. The molecule has 0 fully saturated rings. The molecule has 110 valence electrons. The van der Waals surface area contributed by atoms with E-state index in [1.165, 1.54) is 12.1 Å². The van der Waals surface area contributed by atoms with Crippen molar-refractivity contribution in [2.75, 3.05) is 5.32 Å². The van der Waals surface area contributed by atoms with Crippen LogP contribution >= 0.6 is 15.9 Å². The molecule has 1 heterocycles. The summed E-state index contributed by atoms with van der Waals surface area (Å²) >= 11 is 3.24. The normalized spacial score (nSPS) is 10.2. The number of carbonyl (C=O) groups is 2. The fourth-order valence-electron chi connectivity index (χ4n) is 1.70. The Morgan fingerprint density at radius 1 is 1.43 bits per heavy atom. The number of aromatic carboxylic acids is 1. The number of carbonyl (C=O) groups excluding carboxylic acids is 1. The van der Waals surface area contributed by atoms with Crippen LogP contribution in [0.5, 0.6) is 0 Å². The lowest BCUT2D eigenvalue weighted by Crippen LogP contribution is -2.29. The van der Waals surface area contributed by atoms with Gasteiger partial charge >= 0.3 is 12.0 Å². The lowest BCUT2D eigenvalue weighted by molar-refractivity contribution is 0.0698. The number of nitrogens with zero attached hydrogens (tertiary/aromatic N) is 1. The van der Waals surface area contributed by atoms with E-state index in [1.54, 1.807) is 12.3 Å². The molecule has 0 saturated heterocycles. The van der Waals surface area contributed by atoms with Crippen LogP contribution in [-0.4, -0.2) is 27.3 Å². The van der Waals surface area contributed by atoms with Crippen LogP contribution in [0, 0.1) is 6.92 Å². The van der Waals surface area contributed by atoms with Crippen LogP contribution < -0.4 is 10.6 Å². The summed E-state index contributed by atoms with van der Waals surface area (Å²) in [5, 5.41) is 20.9. The Hall–Kier alpha value is -2.35. The molecular formula is C13H13BrN4O3. The largest absolute Gasteiger partial charge is 0.478 e. The first-order valence-electron chi connectivity index (χ1n) is 6.04. The zero-order valence-electron chi connectivity index (χ0n) is 11.1. The average molecular weight is 353 g/mol. The van der Waals surface area contributed by atoms with Crippen molar-refractivity contribution in [3.63, 3.8) is 0 Å². The number of rotatable bonds is 4. The van der Waals surface area contributed by atoms with Crippen LogP contribution in [0.4, 0.5) is 10.5 Å². The van der Waals surface area contributed by atoms with Crippen molar-refractivity contribution < 1.29 is 14.7 Å². The molecule has 0 bridgehead atoms. The van der Waals surface area contributed by atoms with Gasteiger partial charge in [-0.05, 0) is 25.1 Å². The third kappa shape index (κ3) is 3.82. The van der Waals surface area contributed by atoms with Crippen LogP contribution in [0.2, 0.25) is 0 Å². The van der Waals surface area contributed by atoms with Crippen molar-refractivity contribution in [3.05, 3.63) is 45.7 Å². The SMILES string of the molecule is Cc1[nH]ncc1CNC(=O)Nc1cc(Br)ccc1C(=O)O. The summed E-state index contributed by atoms with van der Waals surface area (Å²) in [6, 6.07) is 4.06. The molecule has 4 N–H and O–H groups in total. The highest BCUT2D eigenvalue weighted by molar-refractivity contribution is 9.10. The van der Waals surface area contributed by atoms with E-state index in [-0.39, 0.29) is 11.3 Å². The smallest absolute Gasteiger partial charge is 0.337 e. The van der Waals surface area contributed by atoms with E-state index in [1.807, 2.05) is 6.92 Å². The number of aromatic nitrogens is 2. The number of carboxylic acids is 1. The molecule has 2 amide bonds. The summed E-state index contributed by atoms with van der Waals surface area (Å²) in [5.41, 5.74) is 1.97. The second-order valence-electron chi connectivity index (χ2n) is 4.32. The first kappa shape index (κ1) is 15.0. The summed E-state index contributed by atoms with van der Waals surface area (Å²) in [6.07, 6.45) is 1.62. The number of aryl methyl sites for hydroxylation is 1. The number of benzene rings is 1. The van der Waals surface area contributed by atoms with E-state index in [0.717, 1.165) is 11.3 Å². The van der Waals surface area contributed by atoms with E-state index >= 15 is 0 Å². The summed E-state index contributed by atoms with van der Waals surface area (Å²) in [7, 11) is 0. The van der Waals surface area contributed by atoms with Crippen molar-refractivity contribution >= 4 is 33.6 Å². The number of nitrogens with one attached hydrogen (secondary N) is 3. The van der Waals surface area contributed by atoms with Crippen molar-refractivity contribution in [2.24, 2.45) is 0 Å². The van der Waals surface area contributed by atoms with Gasteiger partial charge in [0.05, 0.1) is 17.4 Å². The lowest BCUT2D eigenvalue weighted by Gasteiger charge is -2.10. The summed E-state index contributed by atoms with van der Waals surface area (Å²) in [6.45, 7) is 2.14. The van der Waals surface area contributed by atoms with Crippen LogP contribution in [0.1, 0.15) is 21.6 Å². The molecule has 1 aromatic carbocycles. The van der Waals surface area contributed by atoms with E-state index < -0.39 is 12.0 Å². The van der Waals surface area contributed by atoms with Gasteiger partial charge in [-0.3, -0.25) is 5.10 Å². The zero-order chi connectivity index (χ0) is 15.4. The number of aromatic amines is 1. The minimum Gasteiger partial charge on any atom is -0.478 e. The van der Waals surface area contributed by atoms with Crippen LogP contribution in [0.3, 0.4) is 0 Å². The Morgan fingerprint density at radius 3 is 2.81 bits per heavy atom. The molecule has 7 nitrogen and oxygen atoms in total. The molecule has 8 heteroatoms. The first-order chi connectivity index (χ1) is 9.97. The summed E-state index contributed by atoms with van der Waals surface area (Å²) in [5.74, 6) is -1.11. The molecule has 0 aliphatic rings. The van der Waals surface area contributed by atoms with E-state index in [9.17, 15) is 9.59 Å². The van der Waals surface area contributed by atoms with Gasteiger partial charge in [0.25, 0.3) is 0 Å². The summed E-state index contributed by atoms with van der Waals surface area (Å²) < 4.78 is 0.675. The van der Waals surface area contributed by atoms with Crippen molar-refractivity contribution in [1.82, 2.24) is 15.5 Å². The summed E-state index contributed by atoms with van der Waals surface area (Å²) in [4.78, 5) is 22.9. The number of hydrogen-bond acceptors (Lipinski definition) is 3. The fraction of sp³-hybridized carbons (Fsp3) is 0.154. The van der Waals surface area contributed by atoms with Gasteiger partial charge in [-0.25, -0.2) is 9.59 Å². The molecule has 2 rings (SSSR count). The highest BCUT2D eigenvalue weighted by atomic mass is 79.9. The molecule has 21 heavy (non-hydrogen) atoms. The topological polar surface area (TPSA) is 107 Å². The Bertz CT molecular complexity index is 684. The van der Waals surface area contributed by atoms with Gasteiger partial charge in [0.2, 0.25) is 0 Å². The number of H-pyrrole nitrogens is 1. The van der Waals surface area contributed by atoms with Gasteiger partial charge in [-0.2, -0.15) is 5.10 Å². The standard InChI is InChI=1S/C13H13BrN4O3/c1-7-8(6-16-18-7)5-15-13(21)17-11-4-9(14)2-3-10(11)12(19)20/h2-4,6H,5H2,1H3,(H,16,18)(H,19,20)(H2,15,17,21). The third-order valence-corrected chi connectivity index (χ3v) is 3.33. The molecule has 0 spiro atoms. The quantitative estimate of drug-likeness (QED) is 0.677. The minimum absolute atomic E-state index is 0.0211. The van der Waals surface area contributed by atoms with Crippen LogP contribution in [0.15, 0.2) is 28.9 Å². The minimum atomic E-state index is -1.11. The monoisotopic (exact) mass is 352 g/mol. The highest BCUT2D eigenvalue weighted by Gasteiger charge is 2.13. The fourth-order valence-corrected chi connectivity index (χ4v) is 2.06. The van der Waals surface area contributed by atoms with Gasteiger partial charge in [0.15, 0.2) is 0 Å². The molecule has 0 aliphatic carbocycles. The number of carboxylic acid groups (broad SMARTS) is 1. The van der Waals surface area contributed by atoms with Crippen molar-refractivity contribution in [2.45, 2.75) is 13.5 Å². The number of hydrogen-bond donors (Lipinski definition) is 4. The van der Waals surface area contributed by atoms with Crippen LogP contribution in [-0.2, 0) is 6.54 Å². The van der Waals surface area contributed by atoms with Gasteiger partial charge in [-0.15, -0.1) is 0 Å². The van der Waals surface area contributed by atoms with Gasteiger partial charge < -0.3 is 15.7 Å². The molecule has 1 aromatic heterocycles. The maximum Gasteiger partial charge on any atom is 0.337 e. The molecule has 0 radical (unpaired) electrons. The highest BCUT2D eigenvalue weighted by Crippen LogP contribution is 2.21. The molecule has 2 aromatic rings. The van der Waals surface area contributed by atoms with Gasteiger partial charge in [0, 0.05) is 22.3 Å². The second-order valence-corrected chi connectivity index (χ2v) is 5.24. The molecule has 0 saturated carbocycles. The maximum atomic E-state index is 11.8. The number of amides is 2. The van der Waals surface area contributed by atoms with E-state index in [0.29, 0.717) is 11.0 Å². The van der Waals surface area contributed by atoms with E-state index in [4.69, 9.17) is 5.11 Å². The van der Waals surface area contributed by atoms with Crippen molar-refractivity contribution in [1.29, 1.82) is 0 Å². The predicted octanol–water partition coefficient (Wildman–Crippen LogP) is 2.50. The number of anilines is 1. The van der Waals surface area contributed by atoms with E-state index in [2.05, 4.69) is 36.8 Å². The predicted molar refractivity (Wildman–Crippen MR) is 80.3 cm³/mol. The number of halogens is 1. The maximum absolute atomic E-state index is 11.8. The molecule has 0 aliphatic heterocycles. The van der Waals surface area contributed by atoms with Gasteiger partial charge in [0.1, 0.15) is 0 Å². The zero-order valence-corrected chi connectivity index (χ0v) is 12.7. The molecule has 0 atom stereocenters. The molecule has 0 unspecified atom stereocenters. The lowest BCUT2D eigenvalue weighted by atomic mass is 10.2.